The first-order valence-corrected chi connectivity index (χ1v) is 6.98. The minimum absolute atomic E-state index is 0.245. The summed E-state index contributed by atoms with van der Waals surface area (Å²) in [7, 11) is 0. The summed E-state index contributed by atoms with van der Waals surface area (Å²) < 4.78 is 24.3. The zero-order valence-electron chi connectivity index (χ0n) is 12.2. The Morgan fingerprint density at radius 1 is 1.23 bits per heavy atom. The molecule has 0 saturated carbocycles. The van der Waals surface area contributed by atoms with E-state index in [2.05, 4.69) is 15.1 Å². The van der Waals surface area contributed by atoms with E-state index in [4.69, 9.17) is 13.0 Å². The molecular formula is C16H10ClFN4. The molecule has 0 aliphatic carbocycles. The molecule has 0 bridgehead atoms. The van der Waals surface area contributed by atoms with Gasteiger partial charge in [-0.05, 0) is 29.8 Å². The highest BCUT2D eigenvalue weighted by molar-refractivity contribution is 6.29. The van der Waals surface area contributed by atoms with Crippen molar-refractivity contribution in [1.82, 2.24) is 19.6 Å². The molecule has 1 unspecified atom stereocenters. The Morgan fingerprint density at radius 3 is 3.05 bits per heavy atom. The number of fused-ring (bicyclic) bond motifs is 2. The van der Waals surface area contributed by atoms with E-state index in [0.29, 0.717) is 16.9 Å². The SMILES string of the molecule is [2H]C(c1cc2cccnc2cc1F)c1cnc2ccc(Cl)nn12. The summed E-state index contributed by atoms with van der Waals surface area (Å²) in [5, 5.41) is 5.20. The maximum atomic E-state index is 14.4. The molecule has 4 aromatic rings. The topological polar surface area (TPSA) is 43.1 Å². The van der Waals surface area contributed by atoms with Crippen LogP contribution in [0.25, 0.3) is 16.6 Å². The highest BCUT2D eigenvalue weighted by Crippen LogP contribution is 2.20. The number of hydrogen-bond acceptors (Lipinski definition) is 3. The Morgan fingerprint density at radius 2 is 2.14 bits per heavy atom. The third-order valence-corrected chi connectivity index (χ3v) is 3.58. The average molecular weight is 314 g/mol. The first-order valence-electron chi connectivity index (χ1n) is 7.18. The number of hydrogen-bond donors (Lipinski definition) is 0. The molecule has 22 heavy (non-hydrogen) atoms. The van der Waals surface area contributed by atoms with Crippen LogP contribution in [0, 0.1) is 5.82 Å². The fraction of sp³-hybridized carbons (Fsp3) is 0.0625. The molecule has 4 nitrogen and oxygen atoms in total. The van der Waals surface area contributed by atoms with Crippen molar-refractivity contribution in [3.8, 4) is 0 Å². The van der Waals surface area contributed by atoms with Crippen LogP contribution < -0.4 is 0 Å². The molecule has 6 heteroatoms. The molecule has 0 radical (unpaired) electrons. The van der Waals surface area contributed by atoms with Crippen LogP contribution in [0.4, 0.5) is 4.39 Å². The Bertz CT molecular complexity index is 1030. The summed E-state index contributed by atoms with van der Waals surface area (Å²) in [6, 6.07) is 9.91. The summed E-state index contributed by atoms with van der Waals surface area (Å²) in [5.74, 6) is -0.479. The lowest BCUT2D eigenvalue weighted by Gasteiger charge is -2.05. The zero-order valence-corrected chi connectivity index (χ0v) is 12.0. The van der Waals surface area contributed by atoms with Crippen molar-refractivity contribution >= 4 is 28.2 Å². The third-order valence-electron chi connectivity index (χ3n) is 3.38. The van der Waals surface area contributed by atoms with E-state index < -0.39 is 12.2 Å². The van der Waals surface area contributed by atoms with Crippen molar-refractivity contribution in [3.63, 3.8) is 0 Å². The van der Waals surface area contributed by atoms with Gasteiger partial charge in [-0.15, -0.1) is 0 Å². The minimum Gasteiger partial charge on any atom is -0.256 e. The molecule has 0 N–H and O–H groups in total. The average Bonchev–Trinajstić information content (AvgIpc) is 2.96. The molecule has 0 fully saturated rings. The standard InChI is InChI=1S/C16H10ClFN4/c17-15-3-4-16-20-9-12(22(16)21-15)7-11-6-10-2-1-5-19-14(10)8-13(11)18/h1-6,8-9H,7H2/i7D. The van der Waals surface area contributed by atoms with Crippen molar-refractivity contribution in [2.75, 3.05) is 0 Å². The fourth-order valence-electron chi connectivity index (χ4n) is 2.35. The Balaban J connectivity index is 1.89. The summed E-state index contributed by atoms with van der Waals surface area (Å²) in [5.41, 5.74) is 1.81. The zero-order chi connectivity index (χ0) is 16.0. The van der Waals surface area contributed by atoms with Crippen LogP contribution in [0.3, 0.4) is 0 Å². The second-order valence-corrected chi connectivity index (χ2v) is 5.21. The van der Waals surface area contributed by atoms with Gasteiger partial charge in [0.05, 0.1) is 17.4 Å². The van der Waals surface area contributed by atoms with Crippen LogP contribution in [-0.4, -0.2) is 19.6 Å². The molecule has 3 aromatic heterocycles. The van der Waals surface area contributed by atoms with E-state index in [1.165, 1.54) is 16.8 Å². The largest absolute Gasteiger partial charge is 0.256 e. The van der Waals surface area contributed by atoms with Crippen LogP contribution in [0.2, 0.25) is 5.15 Å². The number of halogens is 2. The van der Waals surface area contributed by atoms with Gasteiger partial charge in [0.25, 0.3) is 0 Å². The first-order chi connectivity index (χ1) is 11.1. The number of imidazole rings is 1. The number of nitrogens with zero attached hydrogens (tertiary/aromatic N) is 4. The predicted molar refractivity (Wildman–Crippen MR) is 82.5 cm³/mol. The van der Waals surface area contributed by atoms with Crippen LogP contribution in [0.1, 0.15) is 12.6 Å². The fourth-order valence-corrected chi connectivity index (χ4v) is 2.49. The van der Waals surface area contributed by atoms with E-state index in [1.54, 1.807) is 30.5 Å². The van der Waals surface area contributed by atoms with Gasteiger partial charge in [0.15, 0.2) is 5.65 Å². The molecule has 3 heterocycles. The summed E-state index contributed by atoms with van der Waals surface area (Å²) >= 11 is 5.90. The second-order valence-electron chi connectivity index (χ2n) is 4.82. The van der Waals surface area contributed by atoms with Crippen LogP contribution in [0.5, 0.6) is 0 Å². The number of rotatable bonds is 2. The molecule has 4 rings (SSSR count). The highest BCUT2D eigenvalue weighted by atomic mass is 35.5. The van der Waals surface area contributed by atoms with Gasteiger partial charge in [0.2, 0.25) is 0 Å². The number of benzene rings is 1. The smallest absolute Gasteiger partial charge is 0.153 e. The van der Waals surface area contributed by atoms with E-state index in [1.807, 2.05) is 6.07 Å². The summed E-state index contributed by atoms with van der Waals surface area (Å²) in [4.78, 5) is 8.30. The minimum atomic E-state index is -0.972. The first kappa shape index (κ1) is 12.1. The van der Waals surface area contributed by atoms with Gasteiger partial charge in [0, 0.05) is 25.4 Å². The van der Waals surface area contributed by atoms with Gasteiger partial charge >= 0.3 is 0 Å². The van der Waals surface area contributed by atoms with Gasteiger partial charge < -0.3 is 0 Å². The summed E-state index contributed by atoms with van der Waals surface area (Å²) in [6.45, 7) is 0. The van der Waals surface area contributed by atoms with E-state index >= 15 is 0 Å². The normalized spacial score (nSPS) is 13.5. The number of pyridine rings is 1. The van der Waals surface area contributed by atoms with E-state index in [-0.39, 0.29) is 10.7 Å². The highest BCUT2D eigenvalue weighted by Gasteiger charge is 2.11. The molecule has 0 saturated heterocycles. The van der Waals surface area contributed by atoms with Gasteiger partial charge in [0.1, 0.15) is 11.0 Å². The predicted octanol–water partition coefficient (Wildman–Crippen LogP) is 3.66. The maximum Gasteiger partial charge on any atom is 0.153 e. The van der Waals surface area contributed by atoms with Gasteiger partial charge in [-0.2, -0.15) is 5.10 Å². The number of aromatic nitrogens is 4. The van der Waals surface area contributed by atoms with Crippen molar-refractivity contribution in [1.29, 1.82) is 0 Å². The monoisotopic (exact) mass is 313 g/mol. The van der Waals surface area contributed by atoms with Gasteiger partial charge in [-0.1, -0.05) is 17.7 Å². The maximum absolute atomic E-state index is 14.4. The lowest BCUT2D eigenvalue weighted by molar-refractivity contribution is 0.614. The van der Waals surface area contributed by atoms with Crippen molar-refractivity contribution in [3.05, 3.63) is 71.0 Å². The quantitative estimate of drug-likeness (QED) is 0.567. The van der Waals surface area contributed by atoms with E-state index in [9.17, 15) is 4.39 Å². The molecule has 0 spiro atoms. The lowest BCUT2D eigenvalue weighted by Crippen LogP contribution is -2.00. The lowest BCUT2D eigenvalue weighted by atomic mass is 10.1. The van der Waals surface area contributed by atoms with E-state index in [0.717, 1.165) is 5.39 Å². The molecular weight excluding hydrogens is 303 g/mol. The van der Waals surface area contributed by atoms with Crippen LogP contribution in [-0.2, 0) is 6.40 Å². The Kier molecular flexibility index (Phi) is 2.76. The molecule has 108 valence electrons. The third kappa shape index (κ3) is 2.19. The molecule has 1 atom stereocenters. The molecule has 0 amide bonds. The summed E-state index contributed by atoms with van der Waals surface area (Å²) in [6.07, 6.45) is 2.15. The van der Waals surface area contributed by atoms with Crippen LogP contribution >= 0.6 is 11.6 Å². The Hall–Kier alpha value is -2.53. The van der Waals surface area contributed by atoms with Crippen molar-refractivity contribution in [2.45, 2.75) is 6.40 Å². The molecule has 1 aromatic carbocycles. The van der Waals surface area contributed by atoms with Gasteiger partial charge in [-0.25, -0.2) is 13.9 Å². The van der Waals surface area contributed by atoms with Crippen LogP contribution in [0.15, 0.2) is 48.8 Å². The van der Waals surface area contributed by atoms with Gasteiger partial charge in [-0.3, -0.25) is 4.98 Å². The van der Waals surface area contributed by atoms with Crippen molar-refractivity contribution in [2.24, 2.45) is 0 Å². The second kappa shape index (κ2) is 5.03. The Labute approximate surface area is 131 Å². The molecule has 0 aliphatic rings. The van der Waals surface area contributed by atoms with Crippen molar-refractivity contribution < 1.29 is 5.76 Å². The molecule has 0 aliphatic heterocycles.